The van der Waals surface area contributed by atoms with E-state index < -0.39 is 0 Å². The van der Waals surface area contributed by atoms with Crippen LogP contribution in [0.5, 0.6) is 0 Å². The number of halogens is 1. The molecular weight excluding hydrogens is 345 g/mol. The Hall–Kier alpha value is -3.02. The first-order chi connectivity index (χ1) is 13.1. The van der Waals surface area contributed by atoms with Crippen molar-refractivity contribution in [2.24, 2.45) is 5.92 Å². The highest BCUT2D eigenvalue weighted by atomic mass is 19.1. The van der Waals surface area contributed by atoms with Crippen LogP contribution in [0.15, 0.2) is 53.1 Å². The molecule has 138 valence electrons. The number of amides is 1. The Labute approximate surface area is 156 Å². The van der Waals surface area contributed by atoms with Gasteiger partial charge < -0.3 is 9.42 Å². The summed E-state index contributed by atoms with van der Waals surface area (Å²) < 4.78 is 18.5. The summed E-state index contributed by atoms with van der Waals surface area (Å²) in [6.45, 7) is 3.74. The number of nitrogens with zero attached hydrogens (tertiary/aromatic N) is 3. The van der Waals surface area contributed by atoms with Crippen LogP contribution in [0.4, 0.5) is 4.39 Å². The molecule has 0 spiro atoms. The molecule has 0 unspecified atom stereocenters. The molecule has 1 fully saturated rings. The van der Waals surface area contributed by atoms with Crippen molar-refractivity contribution in [2.45, 2.75) is 19.8 Å². The number of hydrogen-bond acceptors (Lipinski definition) is 4. The summed E-state index contributed by atoms with van der Waals surface area (Å²) in [6, 6.07) is 13.2. The monoisotopic (exact) mass is 365 g/mol. The van der Waals surface area contributed by atoms with Crippen LogP contribution in [0.3, 0.4) is 0 Å². The second kappa shape index (κ2) is 7.31. The van der Waals surface area contributed by atoms with Crippen LogP contribution in [0.25, 0.3) is 22.8 Å². The minimum Gasteiger partial charge on any atom is -0.339 e. The lowest BCUT2D eigenvalue weighted by atomic mass is 9.98. The van der Waals surface area contributed by atoms with Gasteiger partial charge in [0.25, 0.3) is 11.8 Å². The third kappa shape index (κ3) is 3.60. The zero-order valence-electron chi connectivity index (χ0n) is 15.1. The normalized spacial score (nSPS) is 15.1. The van der Waals surface area contributed by atoms with E-state index >= 15 is 0 Å². The first kappa shape index (κ1) is 17.4. The van der Waals surface area contributed by atoms with Gasteiger partial charge in [0, 0.05) is 18.7 Å². The van der Waals surface area contributed by atoms with E-state index in [-0.39, 0.29) is 17.6 Å². The van der Waals surface area contributed by atoms with Crippen LogP contribution in [0.1, 0.15) is 30.1 Å². The molecular formula is C21H20FN3O2. The maximum absolute atomic E-state index is 13.1. The van der Waals surface area contributed by atoms with E-state index in [1.54, 1.807) is 18.2 Å². The third-order valence-corrected chi connectivity index (χ3v) is 4.99. The van der Waals surface area contributed by atoms with Gasteiger partial charge in [-0.3, -0.25) is 4.79 Å². The highest BCUT2D eigenvalue weighted by molar-refractivity contribution is 6.00. The Morgan fingerprint density at radius 1 is 1.11 bits per heavy atom. The van der Waals surface area contributed by atoms with Crippen LogP contribution in [0, 0.1) is 11.7 Å². The number of benzene rings is 2. The van der Waals surface area contributed by atoms with Crippen molar-refractivity contribution < 1.29 is 13.7 Å². The van der Waals surface area contributed by atoms with Gasteiger partial charge in [0.2, 0.25) is 5.82 Å². The standard InChI is InChI=1S/C21H20FN3O2/c1-14-10-12-25(13-11-14)21(26)18-5-3-2-4-17(18)20-23-19(24-27-20)15-6-8-16(22)9-7-15/h2-9,14H,10-13H2,1H3. The number of piperidine rings is 1. The summed E-state index contributed by atoms with van der Waals surface area (Å²) in [5, 5.41) is 3.98. The maximum atomic E-state index is 13.1. The molecule has 0 saturated carbocycles. The van der Waals surface area contributed by atoms with Gasteiger partial charge in [-0.05, 0) is 55.2 Å². The molecule has 2 heterocycles. The van der Waals surface area contributed by atoms with Gasteiger partial charge in [0.05, 0.1) is 11.1 Å². The highest BCUT2D eigenvalue weighted by Crippen LogP contribution is 2.27. The summed E-state index contributed by atoms with van der Waals surface area (Å²) >= 11 is 0. The SMILES string of the molecule is CC1CCN(C(=O)c2ccccc2-c2nc(-c3ccc(F)cc3)no2)CC1. The molecule has 2 aromatic carbocycles. The van der Waals surface area contributed by atoms with Gasteiger partial charge in [-0.25, -0.2) is 4.39 Å². The summed E-state index contributed by atoms with van der Waals surface area (Å²) in [5.74, 6) is 0.953. The average molecular weight is 365 g/mol. The van der Waals surface area contributed by atoms with E-state index in [0.29, 0.717) is 28.4 Å². The quantitative estimate of drug-likeness (QED) is 0.690. The van der Waals surface area contributed by atoms with Crippen LogP contribution >= 0.6 is 0 Å². The van der Waals surface area contributed by atoms with Gasteiger partial charge in [0.15, 0.2) is 0 Å². The maximum Gasteiger partial charge on any atom is 0.259 e. The first-order valence-corrected chi connectivity index (χ1v) is 9.10. The highest BCUT2D eigenvalue weighted by Gasteiger charge is 2.25. The van der Waals surface area contributed by atoms with Crippen LogP contribution < -0.4 is 0 Å². The van der Waals surface area contributed by atoms with Crippen LogP contribution in [0.2, 0.25) is 0 Å². The van der Waals surface area contributed by atoms with E-state index in [9.17, 15) is 9.18 Å². The Bertz CT molecular complexity index is 944. The zero-order chi connectivity index (χ0) is 18.8. The summed E-state index contributed by atoms with van der Waals surface area (Å²) in [4.78, 5) is 19.3. The van der Waals surface area contributed by atoms with Gasteiger partial charge in [-0.2, -0.15) is 4.98 Å². The molecule has 6 heteroatoms. The number of aromatic nitrogens is 2. The Kier molecular flexibility index (Phi) is 4.71. The number of carbonyl (C=O) groups is 1. The van der Waals surface area contributed by atoms with E-state index in [2.05, 4.69) is 17.1 Å². The van der Waals surface area contributed by atoms with Crippen molar-refractivity contribution in [2.75, 3.05) is 13.1 Å². The van der Waals surface area contributed by atoms with E-state index in [4.69, 9.17) is 4.52 Å². The average Bonchev–Trinajstić information content (AvgIpc) is 3.19. The predicted molar refractivity (Wildman–Crippen MR) is 99.4 cm³/mol. The third-order valence-electron chi connectivity index (χ3n) is 4.99. The van der Waals surface area contributed by atoms with E-state index in [0.717, 1.165) is 25.9 Å². The summed E-state index contributed by atoms with van der Waals surface area (Å²) in [7, 11) is 0. The number of likely N-dealkylation sites (tertiary alicyclic amines) is 1. The van der Waals surface area contributed by atoms with Crippen molar-refractivity contribution in [1.82, 2.24) is 15.0 Å². The lowest BCUT2D eigenvalue weighted by Crippen LogP contribution is -2.38. The van der Waals surface area contributed by atoms with Gasteiger partial charge in [0.1, 0.15) is 5.82 Å². The second-order valence-corrected chi connectivity index (χ2v) is 6.95. The topological polar surface area (TPSA) is 59.2 Å². The molecule has 1 aromatic heterocycles. The van der Waals surface area contributed by atoms with Gasteiger partial charge in [-0.15, -0.1) is 0 Å². The summed E-state index contributed by atoms with van der Waals surface area (Å²) in [6.07, 6.45) is 2.03. The lowest BCUT2D eigenvalue weighted by molar-refractivity contribution is 0.0697. The molecule has 27 heavy (non-hydrogen) atoms. The molecule has 1 saturated heterocycles. The molecule has 4 rings (SSSR count). The largest absolute Gasteiger partial charge is 0.339 e. The van der Waals surface area contributed by atoms with Crippen molar-refractivity contribution in [3.8, 4) is 22.8 Å². The number of rotatable bonds is 3. The van der Waals surface area contributed by atoms with E-state index in [1.165, 1.54) is 12.1 Å². The Balaban J connectivity index is 1.63. The Morgan fingerprint density at radius 2 is 1.81 bits per heavy atom. The minimum absolute atomic E-state index is 0.0148. The molecule has 1 amide bonds. The second-order valence-electron chi connectivity index (χ2n) is 6.95. The molecule has 0 radical (unpaired) electrons. The van der Waals surface area contributed by atoms with E-state index in [1.807, 2.05) is 23.1 Å². The van der Waals surface area contributed by atoms with Crippen molar-refractivity contribution in [3.63, 3.8) is 0 Å². The Morgan fingerprint density at radius 3 is 2.56 bits per heavy atom. The number of hydrogen-bond donors (Lipinski definition) is 0. The predicted octanol–water partition coefficient (Wildman–Crippen LogP) is 4.41. The van der Waals surface area contributed by atoms with Crippen molar-refractivity contribution >= 4 is 5.91 Å². The summed E-state index contributed by atoms with van der Waals surface area (Å²) in [5.41, 5.74) is 1.82. The fourth-order valence-corrected chi connectivity index (χ4v) is 3.29. The molecule has 1 aliphatic heterocycles. The molecule has 0 aliphatic carbocycles. The zero-order valence-corrected chi connectivity index (χ0v) is 15.1. The van der Waals surface area contributed by atoms with Gasteiger partial charge >= 0.3 is 0 Å². The fraction of sp³-hybridized carbons (Fsp3) is 0.286. The van der Waals surface area contributed by atoms with Crippen LogP contribution in [-0.4, -0.2) is 34.0 Å². The smallest absolute Gasteiger partial charge is 0.259 e. The molecule has 1 aliphatic rings. The van der Waals surface area contributed by atoms with Crippen molar-refractivity contribution in [1.29, 1.82) is 0 Å². The molecule has 0 atom stereocenters. The molecule has 5 nitrogen and oxygen atoms in total. The molecule has 0 bridgehead atoms. The minimum atomic E-state index is -0.325. The molecule has 0 N–H and O–H groups in total. The molecule has 3 aromatic rings. The lowest BCUT2D eigenvalue weighted by Gasteiger charge is -2.30. The van der Waals surface area contributed by atoms with Crippen molar-refractivity contribution in [3.05, 3.63) is 59.9 Å². The van der Waals surface area contributed by atoms with Crippen LogP contribution in [-0.2, 0) is 0 Å². The number of carbonyl (C=O) groups excluding carboxylic acids is 1. The fourth-order valence-electron chi connectivity index (χ4n) is 3.29. The first-order valence-electron chi connectivity index (χ1n) is 9.10. The van der Waals surface area contributed by atoms with Gasteiger partial charge in [-0.1, -0.05) is 24.2 Å².